The number of nitrogens with two attached hydrogens (primary N) is 1. The van der Waals surface area contributed by atoms with Crippen LogP contribution in [0.25, 0.3) is 0 Å². The maximum absolute atomic E-state index is 6.08. The van der Waals surface area contributed by atoms with Gasteiger partial charge >= 0.3 is 0 Å². The minimum absolute atomic E-state index is 0.196. The molecule has 1 heterocycles. The monoisotopic (exact) mass is 238 g/mol. The number of aryl methyl sites for hydroxylation is 2. The van der Waals surface area contributed by atoms with Gasteiger partial charge in [-0.25, -0.2) is 4.68 Å². The molecule has 1 aromatic heterocycles. The molecule has 4 heteroatoms. The lowest BCUT2D eigenvalue weighted by atomic mass is 9.88. The number of nitrogens with zero attached hydrogens (tertiary/aromatic N) is 2. The van der Waals surface area contributed by atoms with Gasteiger partial charge in [0.25, 0.3) is 0 Å². The molecule has 17 heavy (non-hydrogen) atoms. The molecule has 1 unspecified atom stereocenters. The smallest absolute Gasteiger partial charge is 0.148 e. The molecule has 0 amide bonds. The fraction of sp³-hybridized carbons (Fsp3) is 0.769. The molecular weight excluding hydrogens is 212 g/mol. The first kappa shape index (κ1) is 13.9. The van der Waals surface area contributed by atoms with Crippen LogP contribution in [-0.4, -0.2) is 15.8 Å². The third-order valence-electron chi connectivity index (χ3n) is 3.26. The summed E-state index contributed by atoms with van der Waals surface area (Å²) in [6.07, 6.45) is 1.05. The quantitative estimate of drug-likeness (QED) is 0.847. The topological polar surface area (TPSA) is 55.9 Å². The number of hydrogen-bond acceptors (Lipinski definition) is 3. The highest BCUT2D eigenvalue weighted by molar-refractivity contribution is 5.65. The largest absolute Gasteiger partial charge is 0.394 e. The van der Waals surface area contributed by atoms with E-state index in [9.17, 15) is 0 Å². The van der Waals surface area contributed by atoms with Gasteiger partial charge in [-0.2, -0.15) is 5.10 Å². The number of aromatic nitrogens is 2. The van der Waals surface area contributed by atoms with E-state index in [1.807, 2.05) is 11.6 Å². The van der Waals surface area contributed by atoms with Gasteiger partial charge in [-0.1, -0.05) is 27.7 Å². The lowest BCUT2D eigenvalue weighted by Gasteiger charge is -2.29. The minimum atomic E-state index is 0.196. The SMILES string of the molecule is CCCn1nc(C)c(N)c1NC(C)C(C)(C)C. The Labute approximate surface area is 105 Å². The second-order valence-electron chi connectivity index (χ2n) is 5.80. The molecule has 3 N–H and O–H groups in total. The highest BCUT2D eigenvalue weighted by Crippen LogP contribution is 2.28. The van der Waals surface area contributed by atoms with E-state index in [1.54, 1.807) is 0 Å². The van der Waals surface area contributed by atoms with Crippen LogP contribution < -0.4 is 11.1 Å². The zero-order chi connectivity index (χ0) is 13.2. The number of nitrogens with one attached hydrogen (secondary N) is 1. The van der Waals surface area contributed by atoms with Crippen LogP contribution in [0.4, 0.5) is 11.5 Å². The highest BCUT2D eigenvalue weighted by Gasteiger charge is 2.22. The maximum Gasteiger partial charge on any atom is 0.148 e. The predicted molar refractivity (Wildman–Crippen MR) is 74.2 cm³/mol. The summed E-state index contributed by atoms with van der Waals surface area (Å²) in [5, 5.41) is 7.96. The highest BCUT2D eigenvalue weighted by atomic mass is 15.3. The molecule has 0 radical (unpaired) electrons. The number of nitrogen functional groups attached to an aromatic ring is 1. The Balaban J connectivity index is 2.96. The molecule has 1 aromatic rings. The fourth-order valence-electron chi connectivity index (χ4n) is 1.54. The molecular formula is C13H26N4. The summed E-state index contributed by atoms with van der Waals surface area (Å²) in [5.41, 5.74) is 7.95. The van der Waals surface area contributed by atoms with Gasteiger partial charge in [-0.15, -0.1) is 0 Å². The average Bonchev–Trinajstić information content (AvgIpc) is 2.45. The maximum atomic E-state index is 6.08. The summed E-state index contributed by atoms with van der Waals surface area (Å²) >= 11 is 0. The molecule has 0 saturated carbocycles. The van der Waals surface area contributed by atoms with E-state index >= 15 is 0 Å². The normalized spacial score (nSPS) is 13.8. The molecule has 1 atom stereocenters. The van der Waals surface area contributed by atoms with Gasteiger partial charge in [-0.3, -0.25) is 0 Å². The lowest BCUT2D eigenvalue weighted by molar-refractivity contribution is 0.357. The van der Waals surface area contributed by atoms with Crippen LogP contribution in [-0.2, 0) is 6.54 Å². The predicted octanol–water partition coefficient (Wildman–Crippen LogP) is 3.03. The zero-order valence-electron chi connectivity index (χ0n) is 12.0. The molecule has 98 valence electrons. The summed E-state index contributed by atoms with van der Waals surface area (Å²) in [6, 6.07) is 0.344. The van der Waals surface area contributed by atoms with Gasteiger partial charge in [0.05, 0.1) is 11.4 Å². The third kappa shape index (κ3) is 3.14. The molecule has 0 aliphatic carbocycles. The first-order chi connectivity index (χ1) is 7.77. The fourth-order valence-corrected chi connectivity index (χ4v) is 1.54. The Bertz CT molecular complexity index is 374. The Morgan fingerprint density at radius 2 is 2.00 bits per heavy atom. The van der Waals surface area contributed by atoms with Gasteiger partial charge in [-0.05, 0) is 25.7 Å². The van der Waals surface area contributed by atoms with Crippen LogP contribution >= 0.6 is 0 Å². The van der Waals surface area contributed by atoms with Crippen LogP contribution in [0.3, 0.4) is 0 Å². The number of anilines is 2. The summed E-state index contributed by atoms with van der Waals surface area (Å²) in [7, 11) is 0. The number of hydrogen-bond donors (Lipinski definition) is 2. The second kappa shape index (κ2) is 4.98. The van der Waals surface area contributed by atoms with Gasteiger partial charge < -0.3 is 11.1 Å². The van der Waals surface area contributed by atoms with Crippen molar-refractivity contribution in [2.75, 3.05) is 11.1 Å². The van der Waals surface area contributed by atoms with Crippen molar-refractivity contribution in [2.24, 2.45) is 5.41 Å². The molecule has 0 aliphatic rings. The van der Waals surface area contributed by atoms with Crippen LogP contribution in [0.2, 0.25) is 0 Å². The van der Waals surface area contributed by atoms with Crippen molar-refractivity contribution >= 4 is 11.5 Å². The van der Waals surface area contributed by atoms with E-state index in [-0.39, 0.29) is 5.41 Å². The van der Waals surface area contributed by atoms with Crippen LogP contribution in [0, 0.1) is 12.3 Å². The second-order valence-corrected chi connectivity index (χ2v) is 5.80. The van der Waals surface area contributed by atoms with Gasteiger partial charge in [0.1, 0.15) is 5.82 Å². The Morgan fingerprint density at radius 3 is 2.47 bits per heavy atom. The van der Waals surface area contributed by atoms with Crippen molar-refractivity contribution in [3.05, 3.63) is 5.69 Å². The number of rotatable bonds is 4. The Kier molecular flexibility index (Phi) is 4.07. The van der Waals surface area contributed by atoms with Gasteiger partial charge in [0, 0.05) is 12.6 Å². The van der Waals surface area contributed by atoms with Crippen molar-refractivity contribution < 1.29 is 0 Å². The van der Waals surface area contributed by atoms with Gasteiger partial charge in [0.15, 0.2) is 0 Å². The van der Waals surface area contributed by atoms with E-state index in [4.69, 9.17) is 5.73 Å². The van der Waals surface area contributed by atoms with E-state index in [1.165, 1.54) is 0 Å². The summed E-state index contributed by atoms with van der Waals surface area (Å²) in [6.45, 7) is 13.8. The van der Waals surface area contributed by atoms with Crippen molar-refractivity contribution in [3.8, 4) is 0 Å². The lowest BCUT2D eigenvalue weighted by Crippen LogP contribution is -2.32. The standard InChI is InChI=1S/C13H26N4/c1-7-8-17-12(11(14)9(2)16-17)15-10(3)13(4,5)6/h10,15H,7-8,14H2,1-6H3. The van der Waals surface area contributed by atoms with Crippen molar-refractivity contribution in [2.45, 2.75) is 60.5 Å². The molecule has 0 aromatic carbocycles. The molecule has 0 saturated heterocycles. The van der Waals surface area contributed by atoms with Crippen molar-refractivity contribution in [1.82, 2.24) is 9.78 Å². The van der Waals surface area contributed by atoms with E-state index in [0.717, 1.165) is 30.2 Å². The molecule has 0 fully saturated rings. The minimum Gasteiger partial charge on any atom is -0.394 e. The van der Waals surface area contributed by atoms with Crippen molar-refractivity contribution in [1.29, 1.82) is 0 Å². The first-order valence-corrected chi connectivity index (χ1v) is 6.36. The average molecular weight is 238 g/mol. The zero-order valence-corrected chi connectivity index (χ0v) is 12.0. The Hall–Kier alpha value is -1.19. The van der Waals surface area contributed by atoms with E-state index < -0.39 is 0 Å². The van der Waals surface area contributed by atoms with Crippen LogP contribution in [0.5, 0.6) is 0 Å². The Morgan fingerprint density at radius 1 is 1.41 bits per heavy atom. The van der Waals surface area contributed by atoms with Gasteiger partial charge in [0.2, 0.25) is 0 Å². The third-order valence-corrected chi connectivity index (χ3v) is 3.26. The van der Waals surface area contributed by atoms with Crippen LogP contribution in [0.15, 0.2) is 0 Å². The molecule has 1 rings (SSSR count). The van der Waals surface area contributed by atoms with Crippen molar-refractivity contribution in [3.63, 3.8) is 0 Å². The molecule has 0 bridgehead atoms. The summed E-state index contributed by atoms with van der Waals surface area (Å²) in [5.74, 6) is 0.965. The summed E-state index contributed by atoms with van der Waals surface area (Å²) < 4.78 is 1.98. The molecule has 0 spiro atoms. The van der Waals surface area contributed by atoms with E-state index in [0.29, 0.717) is 6.04 Å². The summed E-state index contributed by atoms with van der Waals surface area (Å²) in [4.78, 5) is 0. The first-order valence-electron chi connectivity index (χ1n) is 6.36. The van der Waals surface area contributed by atoms with E-state index in [2.05, 4.69) is 45.0 Å². The van der Waals surface area contributed by atoms with Crippen LogP contribution in [0.1, 0.15) is 46.7 Å². The molecule has 4 nitrogen and oxygen atoms in total. The molecule has 0 aliphatic heterocycles.